The van der Waals surface area contributed by atoms with Crippen LogP contribution in [0.1, 0.15) is 20.7 Å². The summed E-state index contributed by atoms with van der Waals surface area (Å²) in [5.41, 5.74) is 0.262. The van der Waals surface area contributed by atoms with Crippen LogP contribution in [0.5, 0.6) is 0 Å². The Kier molecular flexibility index (Phi) is 3.18. The summed E-state index contributed by atoms with van der Waals surface area (Å²) in [6.45, 7) is 0. The molecule has 0 aromatic heterocycles. The van der Waals surface area contributed by atoms with Gasteiger partial charge in [-0.1, -0.05) is 23.3 Å². The minimum Gasteiger partial charge on any atom is -0.324 e. The quantitative estimate of drug-likeness (QED) is 0.741. The lowest BCUT2D eigenvalue weighted by molar-refractivity contribution is -0.163. The van der Waals surface area contributed by atoms with Gasteiger partial charge in [0.25, 0.3) is 11.8 Å². The lowest BCUT2D eigenvalue weighted by Gasteiger charge is -2.14. The number of amides is 2. The van der Waals surface area contributed by atoms with E-state index in [1.165, 1.54) is 12.1 Å². The Morgan fingerprint density at radius 2 is 1.68 bits per heavy atom. The van der Waals surface area contributed by atoms with Crippen molar-refractivity contribution in [3.8, 4) is 0 Å². The fourth-order valence-electron chi connectivity index (χ4n) is 2.04. The summed E-state index contributed by atoms with van der Waals surface area (Å²) in [4.78, 5) is 40.8. The molecule has 0 saturated carbocycles. The molecule has 0 radical (unpaired) electrons. The Morgan fingerprint density at radius 1 is 1.09 bits per heavy atom. The predicted octanol–water partition coefficient (Wildman–Crippen LogP) is 0.609. The van der Waals surface area contributed by atoms with E-state index in [2.05, 4.69) is 0 Å². The lowest BCUT2D eigenvalue weighted by atomic mass is 10.1. The molecule has 0 aliphatic carbocycles. The second-order valence-corrected chi connectivity index (χ2v) is 6.55. The standard InChI is InChI=1S/C14H9NO6S/c16-12-10-3-1-2-4-11(10)13(17)15(12)21-14(18)9-5-7-22(19,20)8-6-9/h1-7H,8H2. The number of hydrogen-bond donors (Lipinski definition) is 0. The average Bonchev–Trinajstić information content (AvgIpc) is 2.73. The molecule has 1 aromatic carbocycles. The van der Waals surface area contributed by atoms with Crippen LogP contribution in [0.15, 0.2) is 47.4 Å². The van der Waals surface area contributed by atoms with Crippen LogP contribution in [0.3, 0.4) is 0 Å². The number of rotatable bonds is 2. The van der Waals surface area contributed by atoms with Gasteiger partial charge in [0.05, 0.1) is 22.5 Å². The highest BCUT2D eigenvalue weighted by Crippen LogP contribution is 2.23. The van der Waals surface area contributed by atoms with E-state index < -0.39 is 27.6 Å². The molecule has 22 heavy (non-hydrogen) atoms. The molecule has 2 aliphatic heterocycles. The molecule has 0 N–H and O–H groups in total. The van der Waals surface area contributed by atoms with Gasteiger partial charge in [-0.2, -0.15) is 0 Å². The molecule has 3 rings (SSSR count). The number of hydrogen-bond acceptors (Lipinski definition) is 6. The molecule has 0 atom stereocenters. The molecule has 2 heterocycles. The molecular weight excluding hydrogens is 310 g/mol. The third-order valence-corrected chi connectivity index (χ3v) is 4.34. The summed E-state index contributed by atoms with van der Waals surface area (Å²) in [5.74, 6) is -2.78. The molecule has 112 valence electrons. The van der Waals surface area contributed by atoms with Gasteiger partial charge < -0.3 is 4.84 Å². The number of carbonyl (C=O) groups excluding carboxylic acids is 3. The minimum absolute atomic E-state index is 0.0358. The van der Waals surface area contributed by atoms with Crippen molar-refractivity contribution in [2.75, 3.05) is 5.75 Å². The molecule has 0 saturated heterocycles. The molecule has 0 unspecified atom stereocenters. The number of sulfone groups is 1. The van der Waals surface area contributed by atoms with Crippen molar-refractivity contribution >= 4 is 27.6 Å². The van der Waals surface area contributed by atoms with Crippen molar-refractivity contribution in [1.29, 1.82) is 0 Å². The van der Waals surface area contributed by atoms with Crippen LogP contribution in [-0.4, -0.2) is 37.0 Å². The summed E-state index contributed by atoms with van der Waals surface area (Å²) < 4.78 is 22.4. The third-order valence-electron chi connectivity index (χ3n) is 3.16. The van der Waals surface area contributed by atoms with Crippen LogP contribution in [0.25, 0.3) is 0 Å². The smallest absolute Gasteiger partial charge is 0.324 e. The Balaban J connectivity index is 1.80. The van der Waals surface area contributed by atoms with E-state index in [-0.39, 0.29) is 22.5 Å². The largest absolute Gasteiger partial charge is 0.363 e. The zero-order valence-corrected chi connectivity index (χ0v) is 11.9. The number of fused-ring (bicyclic) bond motifs is 1. The number of hydroxylamine groups is 2. The maximum absolute atomic E-state index is 12.0. The second kappa shape index (κ2) is 4.92. The van der Waals surface area contributed by atoms with Crippen LogP contribution < -0.4 is 0 Å². The molecule has 8 heteroatoms. The lowest BCUT2D eigenvalue weighted by Crippen LogP contribution is -2.33. The molecule has 1 aromatic rings. The first-order valence-corrected chi connectivity index (χ1v) is 7.92. The highest BCUT2D eigenvalue weighted by Gasteiger charge is 2.39. The van der Waals surface area contributed by atoms with E-state index in [9.17, 15) is 22.8 Å². The van der Waals surface area contributed by atoms with Crippen molar-refractivity contribution < 1.29 is 27.6 Å². The molecule has 0 spiro atoms. The van der Waals surface area contributed by atoms with Crippen LogP contribution in [-0.2, 0) is 19.5 Å². The zero-order valence-electron chi connectivity index (χ0n) is 11.1. The summed E-state index contributed by atoms with van der Waals surface area (Å²) in [6, 6.07) is 6.09. The first-order valence-electron chi connectivity index (χ1n) is 6.20. The SMILES string of the molecule is O=C(ON1C(=O)c2ccccc2C1=O)C1=CCS(=O)(=O)C=C1. The molecular formula is C14H9NO6S. The Hall–Kier alpha value is -2.74. The summed E-state index contributed by atoms with van der Waals surface area (Å²) in [7, 11) is -3.35. The van der Waals surface area contributed by atoms with E-state index in [1.54, 1.807) is 12.1 Å². The maximum atomic E-state index is 12.0. The zero-order chi connectivity index (χ0) is 15.9. The summed E-state index contributed by atoms with van der Waals surface area (Å²) in [6.07, 6.45) is 2.23. The highest BCUT2D eigenvalue weighted by molar-refractivity contribution is 7.94. The van der Waals surface area contributed by atoms with Crippen LogP contribution in [0, 0.1) is 0 Å². The van der Waals surface area contributed by atoms with Gasteiger partial charge >= 0.3 is 5.97 Å². The Morgan fingerprint density at radius 3 is 2.18 bits per heavy atom. The fourth-order valence-corrected chi connectivity index (χ4v) is 2.92. The van der Waals surface area contributed by atoms with Gasteiger partial charge in [-0.3, -0.25) is 9.59 Å². The van der Waals surface area contributed by atoms with Gasteiger partial charge in [0.2, 0.25) is 0 Å². The topological polar surface area (TPSA) is 97.8 Å². The minimum atomic E-state index is -3.35. The Bertz CT molecular complexity index is 830. The van der Waals surface area contributed by atoms with Crippen LogP contribution in [0.2, 0.25) is 0 Å². The third kappa shape index (κ3) is 2.33. The van der Waals surface area contributed by atoms with E-state index >= 15 is 0 Å². The fraction of sp³-hybridized carbons (Fsp3) is 0.0714. The molecule has 0 bridgehead atoms. The predicted molar refractivity (Wildman–Crippen MR) is 74.0 cm³/mol. The number of benzene rings is 1. The second-order valence-electron chi connectivity index (χ2n) is 4.62. The first kappa shape index (κ1) is 14.2. The van der Waals surface area contributed by atoms with Gasteiger partial charge in [0, 0.05) is 5.41 Å². The average molecular weight is 319 g/mol. The van der Waals surface area contributed by atoms with Crippen molar-refractivity contribution in [2.45, 2.75) is 0 Å². The van der Waals surface area contributed by atoms with Crippen molar-refractivity contribution in [3.63, 3.8) is 0 Å². The molecule has 7 nitrogen and oxygen atoms in total. The van der Waals surface area contributed by atoms with E-state index in [0.717, 1.165) is 17.6 Å². The monoisotopic (exact) mass is 319 g/mol. The summed E-state index contributed by atoms with van der Waals surface area (Å²) >= 11 is 0. The number of carbonyl (C=O) groups is 3. The normalized spacial score (nSPS) is 18.9. The number of imide groups is 1. The van der Waals surface area contributed by atoms with E-state index in [1.807, 2.05) is 0 Å². The van der Waals surface area contributed by atoms with Crippen LogP contribution >= 0.6 is 0 Å². The van der Waals surface area contributed by atoms with Crippen molar-refractivity contribution in [3.05, 3.63) is 58.5 Å². The molecule has 2 amide bonds. The van der Waals surface area contributed by atoms with Gasteiger partial charge in [0.15, 0.2) is 9.84 Å². The van der Waals surface area contributed by atoms with Gasteiger partial charge in [-0.05, 0) is 18.2 Å². The van der Waals surface area contributed by atoms with Crippen LogP contribution in [0.4, 0.5) is 0 Å². The van der Waals surface area contributed by atoms with E-state index in [4.69, 9.17) is 4.84 Å². The highest BCUT2D eigenvalue weighted by atomic mass is 32.2. The molecule has 0 fully saturated rings. The maximum Gasteiger partial charge on any atom is 0.363 e. The summed E-state index contributed by atoms with van der Waals surface area (Å²) in [5, 5.41) is 1.26. The van der Waals surface area contributed by atoms with Gasteiger partial charge in [0.1, 0.15) is 0 Å². The van der Waals surface area contributed by atoms with Crippen molar-refractivity contribution in [1.82, 2.24) is 5.06 Å². The van der Waals surface area contributed by atoms with Gasteiger partial charge in [-0.15, -0.1) is 0 Å². The van der Waals surface area contributed by atoms with E-state index in [0.29, 0.717) is 5.06 Å². The molecule has 2 aliphatic rings. The first-order chi connectivity index (χ1) is 10.4. The Labute approximate surface area is 125 Å². The van der Waals surface area contributed by atoms with Gasteiger partial charge in [-0.25, -0.2) is 13.2 Å². The number of nitrogens with zero attached hydrogens (tertiary/aromatic N) is 1. The van der Waals surface area contributed by atoms with Crippen molar-refractivity contribution in [2.24, 2.45) is 0 Å².